The van der Waals surface area contributed by atoms with E-state index in [1.807, 2.05) is 24.3 Å². The summed E-state index contributed by atoms with van der Waals surface area (Å²) in [5.41, 5.74) is 0.620. The van der Waals surface area contributed by atoms with Crippen molar-refractivity contribution in [2.24, 2.45) is 5.16 Å². The van der Waals surface area contributed by atoms with Gasteiger partial charge in [-0.2, -0.15) is 5.26 Å². The van der Waals surface area contributed by atoms with Crippen molar-refractivity contribution in [2.75, 3.05) is 0 Å². The Bertz CT molecular complexity index is 511. The molecule has 0 N–H and O–H groups in total. The molecule has 1 aromatic carbocycles. The molecular formula is C9H4KN3OS. The number of hydrogen-bond acceptors (Lipinski definition) is 5. The molecule has 1 aromatic heterocycles. The molecule has 0 aliphatic rings. The maximum absolute atomic E-state index is 10.3. The molecule has 0 fully saturated rings. The van der Waals surface area contributed by atoms with Gasteiger partial charge in [-0.05, 0) is 12.1 Å². The minimum Gasteiger partial charge on any atom is -0.791 e. The molecule has 0 atom stereocenters. The third-order valence-corrected chi connectivity index (χ3v) is 2.74. The Morgan fingerprint density at radius 3 is 2.80 bits per heavy atom. The van der Waals surface area contributed by atoms with E-state index in [9.17, 15) is 5.21 Å². The van der Waals surface area contributed by atoms with Crippen LogP contribution in [-0.4, -0.2) is 10.7 Å². The molecule has 2 rings (SSSR count). The monoisotopic (exact) mass is 241 g/mol. The maximum Gasteiger partial charge on any atom is 1.00 e. The summed E-state index contributed by atoms with van der Waals surface area (Å²) in [6.45, 7) is 0. The molecule has 4 nitrogen and oxygen atoms in total. The second-order valence-corrected chi connectivity index (χ2v) is 3.57. The standard InChI is InChI=1S/C9H5N3OS.K/c10-5-7(12-13)9-11-6-3-1-2-4-8(6)14-9;/h1-4,13H;/q;+1/p-1/b12-7-;. The van der Waals surface area contributed by atoms with E-state index in [4.69, 9.17) is 5.26 Å². The summed E-state index contributed by atoms with van der Waals surface area (Å²) in [5, 5.41) is 21.9. The minimum atomic E-state index is -0.161. The molecule has 0 spiro atoms. The van der Waals surface area contributed by atoms with Gasteiger partial charge < -0.3 is 10.4 Å². The molecule has 1 heterocycles. The van der Waals surface area contributed by atoms with Crippen molar-refractivity contribution in [3.63, 3.8) is 0 Å². The summed E-state index contributed by atoms with van der Waals surface area (Å²) < 4.78 is 0.943. The van der Waals surface area contributed by atoms with E-state index in [-0.39, 0.29) is 57.1 Å². The van der Waals surface area contributed by atoms with E-state index in [2.05, 4.69) is 10.1 Å². The van der Waals surface area contributed by atoms with Gasteiger partial charge in [-0.15, -0.1) is 11.3 Å². The van der Waals surface area contributed by atoms with Crippen LogP contribution in [0.3, 0.4) is 0 Å². The molecule has 68 valence electrons. The molecule has 0 radical (unpaired) electrons. The first-order valence-corrected chi connectivity index (χ1v) is 4.63. The molecule has 0 aliphatic heterocycles. The quantitative estimate of drug-likeness (QED) is 0.369. The predicted molar refractivity (Wildman–Crippen MR) is 55.1 cm³/mol. The number of hydrogen-bond donors (Lipinski definition) is 0. The number of thiazole rings is 1. The molecule has 15 heavy (non-hydrogen) atoms. The van der Waals surface area contributed by atoms with Crippen molar-refractivity contribution in [1.29, 1.82) is 5.26 Å². The zero-order valence-electron chi connectivity index (χ0n) is 7.97. The Kier molecular flexibility index (Phi) is 4.85. The van der Waals surface area contributed by atoms with Gasteiger partial charge in [0.25, 0.3) is 0 Å². The Morgan fingerprint density at radius 2 is 2.20 bits per heavy atom. The fourth-order valence-corrected chi connectivity index (χ4v) is 1.98. The molecule has 0 saturated heterocycles. The average Bonchev–Trinajstić information content (AvgIpc) is 2.63. The van der Waals surface area contributed by atoms with E-state index in [0.29, 0.717) is 5.01 Å². The molecular weight excluding hydrogens is 237 g/mol. The molecule has 0 amide bonds. The number of aromatic nitrogens is 1. The van der Waals surface area contributed by atoms with Crippen LogP contribution in [0.2, 0.25) is 0 Å². The first kappa shape index (κ1) is 12.8. The molecule has 0 bridgehead atoms. The number of fused-ring (bicyclic) bond motifs is 1. The van der Waals surface area contributed by atoms with Crippen LogP contribution in [0.1, 0.15) is 5.01 Å². The summed E-state index contributed by atoms with van der Waals surface area (Å²) in [6, 6.07) is 9.16. The fourth-order valence-electron chi connectivity index (χ4n) is 1.08. The maximum atomic E-state index is 10.3. The Morgan fingerprint density at radius 1 is 1.47 bits per heavy atom. The van der Waals surface area contributed by atoms with Crippen molar-refractivity contribution in [1.82, 2.24) is 4.98 Å². The number of rotatable bonds is 1. The van der Waals surface area contributed by atoms with Crippen LogP contribution in [0.15, 0.2) is 29.4 Å². The van der Waals surface area contributed by atoms with Gasteiger partial charge in [0, 0.05) is 0 Å². The first-order valence-electron chi connectivity index (χ1n) is 3.81. The van der Waals surface area contributed by atoms with E-state index in [1.54, 1.807) is 6.07 Å². The summed E-state index contributed by atoms with van der Waals surface area (Å²) in [5.74, 6) is 0. The van der Waals surface area contributed by atoms with E-state index in [1.165, 1.54) is 11.3 Å². The number of benzene rings is 1. The third-order valence-electron chi connectivity index (χ3n) is 1.69. The van der Waals surface area contributed by atoms with Crippen LogP contribution in [0.5, 0.6) is 0 Å². The Balaban J connectivity index is 0.00000112. The first-order chi connectivity index (χ1) is 6.85. The van der Waals surface area contributed by atoms with Crippen LogP contribution in [0, 0.1) is 16.5 Å². The van der Waals surface area contributed by atoms with Crippen molar-refractivity contribution in [3.05, 3.63) is 34.5 Å². The van der Waals surface area contributed by atoms with Crippen LogP contribution in [0.25, 0.3) is 10.2 Å². The van der Waals surface area contributed by atoms with Gasteiger partial charge in [-0.25, -0.2) is 4.98 Å². The largest absolute Gasteiger partial charge is 1.00 e. The van der Waals surface area contributed by atoms with Gasteiger partial charge in [0.1, 0.15) is 6.07 Å². The summed E-state index contributed by atoms with van der Waals surface area (Å²) in [4.78, 5) is 4.12. The molecule has 2 aromatic rings. The van der Waals surface area contributed by atoms with Gasteiger partial charge in [0.2, 0.25) is 0 Å². The van der Waals surface area contributed by atoms with Crippen LogP contribution in [-0.2, 0) is 0 Å². The third kappa shape index (κ3) is 2.63. The van der Waals surface area contributed by atoms with E-state index < -0.39 is 0 Å². The van der Waals surface area contributed by atoms with Crippen molar-refractivity contribution in [3.8, 4) is 6.07 Å². The van der Waals surface area contributed by atoms with Crippen molar-refractivity contribution < 1.29 is 51.4 Å². The Labute approximate surface area is 133 Å². The van der Waals surface area contributed by atoms with E-state index >= 15 is 0 Å². The SMILES string of the molecule is N#C/C(=N/[O-])c1nc2ccccc2s1.[K+]. The van der Waals surface area contributed by atoms with Crippen LogP contribution >= 0.6 is 11.3 Å². The van der Waals surface area contributed by atoms with Gasteiger partial charge in [0.05, 0.1) is 10.2 Å². The molecule has 0 unspecified atom stereocenters. The number of nitrogens with zero attached hydrogens (tertiary/aromatic N) is 3. The average molecular weight is 241 g/mol. The topological polar surface area (TPSA) is 72.1 Å². The molecule has 0 aliphatic carbocycles. The van der Waals surface area contributed by atoms with Gasteiger partial charge in [-0.3, -0.25) is 0 Å². The van der Waals surface area contributed by atoms with Gasteiger partial charge >= 0.3 is 51.4 Å². The minimum absolute atomic E-state index is 0. The second-order valence-electron chi connectivity index (χ2n) is 2.54. The van der Waals surface area contributed by atoms with Crippen molar-refractivity contribution >= 4 is 27.3 Å². The summed E-state index contributed by atoms with van der Waals surface area (Å²) in [6.07, 6.45) is 0. The summed E-state index contributed by atoms with van der Waals surface area (Å²) >= 11 is 1.29. The fraction of sp³-hybridized carbons (Fsp3) is 0. The summed E-state index contributed by atoms with van der Waals surface area (Å²) in [7, 11) is 0. The zero-order chi connectivity index (χ0) is 9.97. The molecule has 0 saturated carbocycles. The molecule has 6 heteroatoms. The van der Waals surface area contributed by atoms with Gasteiger partial charge in [0.15, 0.2) is 10.7 Å². The van der Waals surface area contributed by atoms with Crippen LogP contribution in [0.4, 0.5) is 0 Å². The second kappa shape index (κ2) is 5.70. The van der Waals surface area contributed by atoms with Crippen molar-refractivity contribution in [2.45, 2.75) is 0 Å². The normalized spacial score (nSPS) is 10.7. The predicted octanol–water partition coefficient (Wildman–Crippen LogP) is -0.889. The van der Waals surface area contributed by atoms with Crippen LogP contribution < -0.4 is 51.4 Å². The van der Waals surface area contributed by atoms with E-state index in [0.717, 1.165) is 10.2 Å². The number of para-hydroxylation sites is 1. The Hall–Kier alpha value is -0.294. The van der Waals surface area contributed by atoms with Gasteiger partial charge in [-0.1, -0.05) is 12.1 Å². The smallest absolute Gasteiger partial charge is 0.791 e. The number of nitriles is 1. The zero-order valence-corrected chi connectivity index (χ0v) is 11.9.